The van der Waals surface area contributed by atoms with Crippen molar-refractivity contribution >= 4 is 17.2 Å². The summed E-state index contributed by atoms with van der Waals surface area (Å²) >= 11 is 0. The molecule has 2 heterocycles. The zero-order valence-electron chi connectivity index (χ0n) is 9.61. The molecule has 0 aliphatic carbocycles. The fourth-order valence-corrected chi connectivity index (χ4v) is 1.96. The Bertz CT molecular complexity index is 638. The van der Waals surface area contributed by atoms with Crippen LogP contribution in [-0.2, 0) is 7.05 Å². The molecular weight excluding hydrogens is 208 g/mol. The van der Waals surface area contributed by atoms with E-state index in [1.807, 2.05) is 0 Å². The molecule has 0 N–H and O–H groups in total. The Hall–Kier alpha value is -1.98. The van der Waals surface area contributed by atoms with Gasteiger partial charge < -0.3 is 5.11 Å². The summed E-state index contributed by atoms with van der Waals surface area (Å²) in [6.45, 7) is 4.65. The van der Waals surface area contributed by atoms with Crippen molar-refractivity contribution in [3.8, 4) is 0 Å². The number of nitrogens with zero attached hydrogens (tertiary/aromatic N) is 4. The average molecular weight is 220 g/mol. The summed E-state index contributed by atoms with van der Waals surface area (Å²) in [7, 11) is 1.65. The minimum atomic E-state index is -0.125. The van der Waals surface area contributed by atoms with Crippen LogP contribution in [-0.4, -0.2) is 20.6 Å². The standard InChI is InChI=1S/C10H12N4O2/c1-5-8(6(2)15)10-11-13(4)12-14(10)9(5)7(3)16/h1-4H3. The van der Waals surface area contributed by atoms with Crippen molar-refractivity contribution in [1.82, 2.24) is 14.8 Å². The molecule has 2 aromatic heterocycles. The van der Waals surface area contributed by atoms with Crippen molar-refractivity contribution in [1.29, 1.82) is 0 Å². The SMILES string of the molecule is CC(=O)c1c(C)/c(=C(\C)[O-])c2n[n+](C)nn12. The molecule has 0 aromatic carbocycles. The van der Waals surface area contributed by atoms with E-state index < -0.39 is 0 Å². The summed E-state index contributed by atoms with van der Waals surface area (Å²) in [5, 5.41) is 20.1. The molecule has 2 rings (SSSR count). The lowest BCUT2D eigenvalue weighted by molar-refractivity contribution is -0.783. The minimum absolute atomic E-state index is 0.108. The molecule has 6 heteroatoms. The molecule has 6 nitrogen and oxygen atoms in total. The van der Waals surface area contributed by atoms with Crippen LogP contribution >= 0.6 is 0 Å². The number of aryl methyl sites for hydroxylation is 1. The van der Waals surface area contributed by atoms with Crippen molar-refractivity contribution in [2.24, 2.45) is 7.05 Å². The van der Waals surface area contributed by atoms with E-state index in [-0.39, 0.29) is 11.5 Å². The Kier molecular flexibility index (Phi) is 2.15. The van der Waals surface area contributed by atoms with Crippen molar-refractivity contribution < 1.29 is 14.7 Å². The molecule has 0 aliphatic rings. The van der Waals surface area contributed by atoms with E-state index in [2.05, 4.69) is 10.3 Å². The van der Waals surface area contributed by atoms with Crippen LogP contribution in [0.2, 0.25) is 0 Å². The van der Waals surface area contributed by atoms with Gasteiger partial charge in [0.05, 0.1) is 0 Å². The summed E-state index contributed by atoms with van der Waals surface area (Å²) in [4.78, 5) is 12.9. The number of hydrogen-bond acceptors (Lipinski definition) is 4. The second-order valence-corrected chi connectivity index (χ2v) is 3.78. The van der Waals surface area contributed by atoms with Crippen molar-refractivity contribution in [3.05, 3.63) is 16.5 Å². The third-order valence-corrected chi connectivity index (χ3v) is 2.51. The summed E-state index contributed by atoms with van der Waals surface area (Å²) in [6, 6.07) is 0. The molecular formula is C10H12N4O2. The molecule has 0 fully saturated rings. The monoisotopic (exact) mass is 220 g/mol. The molecule has 0 saturated heterocycles. The second kappa shape index (κ2) is 3.26. The molecule has 0 unspecified atom stereocenters. The highest BCUT2D eigenvalue weighted by Gasteiger charge is 2.24. The van der Waals surface area contributed by atoms with Gasteiger partial charge in [0.2, 0.25) is 11.5 Å². The third-order valence-electron chi connectivity index (χ3n) is 2.51. The summed E-state index contributed by atoms with van der Waals surface area (Å²) < 4.78 is 1.42. The Labute approximate surface area is 91.8 Å². The molecule has 2 aromatic rings. The van der Waals surface area contributed by atoms with E-state index in [0.29, 0.717) is 22.1 Å². The molecule has 0 amide bonds. The molecule has 0 spiro atoms. The lowest BCUT2D eigenvalue weighted by atomic mass is 10.2. The van der Waals surface area contributed by atoms with Crippen LogP contribution in [0.25, 0.3) is 11.4 Å². The number of ketones is 1. The van der Waals surface area contributed by atoms with Gasteiger partial charge in [-0.05, 0) is 16.8 Å². The highest BCUT2D eigenvalue weighted by Crippen LogP contribution is 2.07. The van der Waals surface area contributed by atoms with E-state index in [1.165, 1.54) is 23.2 Å². The van der Waals surface area contributed by atoms with Gasteiger partial charge in [-0.25, -0.2) is 0 Å². The Morgan fingerprint density at radius 1 is 1.44 bits per heavy atom. The van der Waals surface area contributed by atoms with Gasteiger partial charge in [-0.3, -0.25) is 4.79 Å². The maximum atomic E-state index is 11.5. The van der Waals surface area contributed by atoms with Crippen LogP contribution in [0.3, 0.4) is 0 Å². The van der Waals surface area contributed by atoms with Gasteiger partial charge in [-0.1, -0.05) is 11.4 Å². The molecule has 84 valence electrons. The molecule has 0 aliphatic heterocycles. The predicted octanol–water partition coefficient (Wildman–Crippen LogP) is -1.73. The van der Waals surface area contributed by atoms with Crippen molar-refractivity contribution in [3.63, 3.8) is 0 Å². The second-order valence-electron chi connectivity index (χ2n) is 3.78. The Morgan fingerprint density at radius 2 is 2.06 bits per heavy atom. The van der Waals surface area contributed by atoms with Gasteiger partial charge in [0, 0.05) is 17.7 Å². The van der Waals surface area contributed by atoms with E-state index in [4.69, 9.17) is 0 Å². The fraction of sp³-hybridized carbons (Fsp3) is 0.400. The van der Waals surface area contributed by atoms with E-state index in [0.717, 1.165) is 0 Å². The highest BCUT2D eigenvalue weighted by atomic mass is 16.3. The van der Waals surface area contributed by atoms with Crippen LogP contribution in [0.1, 0.15) is 29.9 Å². The first-order chi connectivity index (χ1) is 7.43. The number of Topliss-reactive ketones (excluding diaryl/α,β-unsaturated/α-hetero) is 1. The zero-order chi connectivity index (χ0) is 12.0. The minimum Gasteiger partial charge on any atom is -0.875 e. The molecule has 0 atom stereocenters. The smallest absolute Gasteiger partial charge is 0.295 e. The highest BCUT2D eigenvalue weighted by molar-refractivity contribution is 5.95. The quantitative estimate of drug-likeness (QED) is 0.423. The first-order valence-electron chi connectivity index (χ1n) is 4.88. The van der Waals surface area contributed by atoms with Crippen LogP contribution in [0.5, 0.6) is 0 Å². The first-order valence-corrected chi connectivity index (χ1v) is 4.88. The predicted molar refractivity (Wildman–Crippen MR) is 53.2 cm³/mol. The number of carbonyl (C=O) groups is 1. The Morgan fingerprint density at radius 3 is 2.56 bits per heavy atom. The van der Waals surface area contributed by atoms with E-state index >= 15 is 0 Å². The third kappa shape index (κ3) is 1.26. The van der Waals surface area contributed by atoms with E-state index in [1.54, 1.807) is 14.0 Å². The van der Waals surface area contributed by atoms with Crippen LogP contribution in [0, 0.1) is 6.92 Å². The van der Waals surface area contributed by atoms with Crippen molar-refractivity contribution in [2.75, 3.05) is 0 Å². The first kappa shape index (κ1) is 10.5. The van der Waals surface area contributed by atoms with Gasteiger partial charge in [0.25, 0.3) is 5.65 Å². The van der Waals surface area contributed by atoms with Gasteiger partial charge >= 0.3 is 0 Å². The van der Waals surface area contributed by atoms with E-state index in [9.17, 15) is 9.90 Å². The number of rotatable bonds is 1. The topological polar surface area (TPSA) is 74.2 Å². The number of carbonyl (C=O) groups excluding carboxylic acids is 1. The molecule has 0 radical (unpaired) electrons. The maximum Gasteiger partial charge on any atom is 0.295 e. The lowest BCUT2D eigenvalue weighted by Crippen LogP contribution is -2.34. The number of fused-ring (bicyclic) bond motifs is 1. The molecule has 0 bridgehead atoms. The fourth-order valence-electron chi connectivity index (χ4n) is 1.96. The number of tetrazole rings is 1. The van der Waals surface area contributed by atoms with Crippen LogP contribution in [0.15, 0.2) is 0 Å². The van der Waals surface area contributed by atoms with Gasteiger partial charge in [0.15, 0.2) is 0 Å². The summed E-state index contributed by atoms with van der Waals surface area (Å²) in [5.74, 6) is -0.233. The lowest BCUT2D eigenvalue weighted by Gasteiger charge is -2.00. The van der Waals surface area contributed by atoms with Crippen molar-refractivity contribution in [2.45, 2.75) is 20.8 Å². The molecule has 16 heavy (non-hydrogen) atoms. The normalized spacial score (nSPS) is 13.2. The maximum absolute atomic E-state index is 11.5. The van der Waals surface area contributed by atoms with Crippen LogP contribution in [0.4, 0.5) is 0 Å². The Balaban J connectivity index is 3.08. The zero-order valence-corrected chi connectivity index (χ0v) is 9.61. The van der Waals surface area contributed by atoms with Crippen LogP contribution < -0.4 is 15.1 Å². The summed E-state index contributed by atoms with van der Waals surface area (Å²) in [6.07, 6.45) is 0. The van der Waals surface area contributed by atoms with Gasteiger partial charge in [0.1, 0.15) is 12.3 Å². The van der Waals surface area contributed by atoms with Gasteiger partial charge in [-0.15, -0.1) is 5.76 Å². The summed E-state index contributed by atoms with van der Waals surface area (Å²) in [5.41, 5.74) is 1.52. The number of hydrogen-bond donors (Lipinski definition) is 0. The molecule has 0 saturated carbocycles. The van der Waals surface area contributed by atoms with Gasteiger partial charge in [-0.2, -0.15) is 0 Å². The number of aromatic nitrogens is 4. The largest absolute Gasteiger partial charge is 0.875 e. The average Bonchev–Trinajstić information content (AvgIpc) is 2.56.